The summed E-state index contributed by atoms with van der Waals surface area (Å²) in [5.74, 6) is -0.713. The van der Waals surface area contributed by atoms with E-state index in [1.807, 2.05) is 45.0 Å². The fourth-order valence-electron chi connectivity index (χ4n) is 5.49. The number of fused-ring (bicyclic) bond motifs is 1. The van der Waals surface area contributed by atoms with Crippen LogP contribution in [-0.2, 0) is 14.3 Å². The van der Waals surface area contributed by atoms with Gasteiger partial charge in [-0.3, -0.25) is 19.3 Å². The van der Waals surface area contributed by atoms with Crippen molar-refractivity contribution in [3.05, 3.63) is 29.8 Å². The second-order valence-electron chi connectivity index (χ2n) is 11.8. The van der Waals surface area contributed by atoms with Crippen molar-refractivity contribution in [2.75, 3.05) is 44.2 Å². The molecule has 3 N–H and O–H groups in total. The summed E-state index contributed by atoms with van der Waals surface area (Å²) in [4.78, 5) is 45.5. The number of rotatable bonds is 6. The Balaban J connectivity index is 1.44. The third kappa shape index (κ3) is 5.74. The molecule has 0 saturated carbocycles. The Morgan fingerprint density at radius 1 is 1.11 bits per heavy atom. The van der Waals surface area contributed by atoms with Crippen molar-refractivity contribution in [1.82, 2.24) is 15.1 Å². The smallest absolute Gasteiger partial charge is 0.251 e. The first-order valence-electron chi connectivity index (χ1n) is 13.0. The predicted octanol–water partition coefficient (Wildman–Crippen LogP) is 1.26. The molecule has 36 heavy (non-hydrogen) atoms. The van der Waals surface area contributed by atoms with Crippen LogP contribution in [-0.4, -0.2) is 97.0 Å². The molecule has 1 aromatic rings. The van der Waals surface area contributed by atoms with Crippen LogP contribution in [0.5, 0.6) is 0 Å². The lowest BCUT2D eigenvalue weighted by Gasteiger charge is -2.38. The van der Waals surface area contributed by atoms with E-state index < -0.39 is 24.2 Å². The maximum atomic E-state index is 13.6. The normalized spacial score (nSPS) is 25.9. The lowest BCUT2D eigenvalue weighted by molar-refractivity contribution is -0.138. The molecule has 198 valence electrons. The van der Waals surface area contributed by atoms with E-state index in [1.165, 1.54) is 4.90 Å². The molecule has 4 rings (SSSR count). The van der Waals surface area contributed by atoms with Gasteiger partial charge in [-0.05, 0) is 49.9 Å². The number of nitrogens with one attached hydrogen (secondary N) is 1. The largest absolute Gasteiger partial charge is 0.369 e. The van der Waals surface area contributed by atoms with Gasteiger partial charge in [-0.1, -0.05) is 20.8 Å². The van der Waals surface area contributed by atoms with E-state index in [0.29, 0.717) is 18.0 Å². The van der Waals surface area contributed by atoms with Crippen molar-refractivity contribution in [3.63, 3.8) is 0 Å². The van der Waals surface area contributed by atoms with Crippen LogP contribution in [0.4, 0.5) is 5.69 Å². The molecule has 9 heteroatoms. The minimum absolute atomic E-state index is 0.0258. The molecule has 9 nitrogen and oxygen atoms in total. The zero-order valence-corrected chi connectivity index (χ0v) is 22.2. The molecular formula is C27H41N5O4. The third-order valence-corrected chi connectivity index (χ3v) is 7.47. The Bertz CT molecular complexity index is 965. The molecule has 0 bridgehead atoms. The molecule has 3 fully saturated rings. The average molecular weight is 500 g/mol. The number of nitrogens with zero attached hydrogens (tertiary/aromatic N) is 3. The standard InChI is InChI=1S/C27H41N5O4/c1-17(2)30-10-12-31(13-11-30)19-8-6-18(7-9-19)25(34)29-21(14-27(3,4)5)26(35)32-15-20(28)24-23(32)22(33)16-36-24/h6-9,17,20-21,23-24H,10-16,28H2,1-5H3,(H,29,34)/t20-,21?,23-,24-/m1/s1. The number of carbonyl (C=O) groups is 3. The van der Waals surface area contributed by atoms with Gasteiger partial charge in [0.25, 0.3) is 5.91 Å². The van der Waals surface area contributed by atoms with E-state index in [9.17, 15) is 14.4 Å². The number of hydrogen-bond acceptors (Lipinski definition) is 7. The van der Waals surface area contributed by atoms with Crippen LogP contribution in [0, 0.1) is 5.41 Å². The summed E-state index contributed by atoms with van der Waals surface area (Å²) in [6.45, 7) is 14.7. The summed E-state index contributed by atoms with van der Waals surface area (Å²) in [6.07, 6.45) is -0.0316. The van der Waals surface area contributed by atoms with E-state index in [-0.39, 0.29) is 36.2 Å². The highest BCUT2D eigenvalue weighted by molar-refractivity contribution is 5.99. The minimum Gasteiger partial charge on any atom is -0.369 e. The highest BCUT2D eigenvalue weighted by Gasteiger charge is 2.52. The lowest BCUT2D eigenvalue weighted by Crippen LogP contribution is -2.53. The highest BCUT2D eigenvalue weighted by Crippen LogP contribution is 2.29. The van der Waals surface area contributed by atoms with Gasteiger partial charge in [0, 0.05) is 50.0 Å². The molecule has 0 radical (unpaired) electrons. The molecule has 1 aromatic carbocycles. The quantitative estimate of drug-likeness (QED) is 0.607. The van der Waals surface area contributed by atoms with Crippen LogP contribution >= 0.6 is 0 Å². The Morgan fingerprint density at radius 2 is 1.75 bits per heavy atom. The fourth-order valence-corrected chi connectivity index (χ4v) is 5.49. The van der Waals surface area contributed by atoms with Gasteiger partial charge in [-0.15, -0.1) is 0 Å². The zero-order chi connectivity index (χ0) is 26.2. The molecule has 1 unspecified atom stereocenters. The molecule has 3 heterocycles. The molecule has 0 spiro atoms. The number of ether oxygens (including phenoxy) is 1. The number of piperazine rings is 1. The van der Waals surface area contributed by atoms with Crippen molar-refractivity contribution in [2.24, 2.45) is 11.1 Å². The number of nitrogens with two attached hydrogens (primary N) is 1. The Hall–Kier alpha value is -2.49. The second-order valence-corrected chi connectivity index (χ2v) is 11.8. The Kier molecular flexibility index (Phi) is 7.73. The van der Waals surface area contributed by atoms with Crippen molar-refractivity contribution in [2.45, 2.75) is 71.3 Å². The zero-order valence-electron chi connectivity index (χ0n) is 22.2. The molecular weight excluding hydrogens is 458 g/mol. The number of amides is 2. The van der Waals surface area contributed by atoms with Gasteiger partial charge in [0.15, 0.2) is 5.78 Å². The summed E-state index contributed by atoms with van der Waals surface area (Å²) in [5, 5.41) is 2.95. The van der Waals surface area contributed by atoms with Gasteiger partial charge in [0.2, 0.25) is 5.91 Å². The Morgan fingerprint density at radius 3 is 2.33 bits per heavy atom. The number of ketones is 1. The first-order chi connectivity index (χ1) is 16.9. The third-order valence-electron chi connectivity index (χ3n) is 7.47. The second kappa shape index (κ2) is 10.5. The SMILES string of the molecule is CC(C)N1CCN(c2ccc(C(=O)NC(CC(C)(C)C)C(=O)N3C[C@@H](N)[C@H]4OCC(=O)[C@H]43)cc2)CC1. The number of anilines is 1. The molecule has 2 amide bonds. The summed E-state index contributed by atoms with van der Waals surface area (Å²) < 4.78 is 5.53. The van der Waals surface area contributed by atoms with Crippen molar-refractivity contribution >= 4 is 23.3 Å². The fraction of sp³-hybridized carbons (Fsp3) is 0.667. The maximum absolute atomic E-state index is 13.6. The molecule has 0 aliphatic carbocycles. The first-order valence-corrected chi connectivity index (χ1v) is 13.0. The molecule has 3 aliphatic rings. The van der Waals surface area contributed by atoms with Crippen LogP contribution in [0.25, 0.3) is 0 Å². The summed E-state index contributed by atoms with van der Waals surface area (Å²) >= 11 is 0. The van der Waals surface area contributed by atoms with E-state index in [2.05, 4.69) is 29.0 Å². The number of hydrogen-bond donors (Lipinski definition) is 2. The van der Waals surface area contributed by atoms with Gasteiger partial charge >= 0.3 is 0 Å². The summed E-state index contributed by atoms with van der Waals surface area (Å²) in [6, 6.07) is 6.28. The first kappa shape index (κ1) is 26.6. The van der Waals surface area contributed by atoms with Crippen molar-refractivity contribution in [1.29, 1.82) is 0 Å². The van der Waals surface area contributed by atoms with Gasteiger partial charge in [-0.25, -0.2) is 0 Å². The lowest BCUT2D eigenvalue weighted by atomic mass is 9.87. The average Bonchev–Trinajstić information content (AvgIpc) is 3.37. The van der Waals surface area contributed by atoms with Gasteiger partial charge in [-0.2, -0.15) is 0 Å². The monoisotopic (exact) mass is 499 g/mol. The van der Waals surface area contributed by atoms with Crippen molar-refractivity contribution in [3.8, 4) is 0 Å². The summed E-state index contributed by atoms with van der Waals surface area (Å²) in [5.41, 5.74) is 7.54. The predicted molar refractivity (Wildman–Crippen MR) is 139 cm³/mol. The van der Waals surface area contributed by atoms with Crippen LogP contribution in [0.15, 0.2) is 24.3 Å². The van der Waals surface area contributed by atoms with E-state index >= 15 is 0 Å². The number of likely N-dealkylation sites (tertiary alicyclic amines) is 1. The van der Waals surface area contributed by atoms with E-state index in [1.54, 1.807) is 0 Å². The maximum Gasteiger partial charge on any atom is 0.251 e. The van der Waals surface area contributed by atoms with E-state index in [4.69, 9.17) is 10.5 Å². The molecule has 3 saturated heterocycles. The number of benzene rings is 1. The molecule has 0 aromatic heterocycles. The molecule has 4 atom stereocenters. The van der Waals surface area contributed by atoms with Gasteiger partial charge < -0.3 is 25.6 Å². The minimum atomic E-state index is -0.763. The van der Waals surface area contributed by atoms with Crippen LogP contribution in [0.1, 0.15) is 51.4 Å². The van der Waals surface area contributed by atoms with Gasteiger partial charge in [0.1, 0.15) is 24.8 Å². The van der Waals surface area contributed by atoms with E-state index in [0.717, 1.165) is 31.9 Å². The Labute approximate surface area is 214 Å². The van der Waals surface area contributed by atoms with Crippen molar-refractivity contribution < 1.29 is 19.1 Å². The topological polar surface area (TPSA) is 108 Å². The highest BCUT2D eigenvalue weighted by atomic mass is 16.5. The number of Topliss-reactive ketones (excluding diaryl/α,β-unsaturated/α-hetero) is 1. The van der Waals surface area contributed by atoms with Crippen LogP contribution in [0.2, 0.25) is 0 Å². The van der Waals surface area contributed by atoms with Crippen LogP contribution < -0.4 is 16.0 Å². The molecule has 3 aliphatic heterocycles. The van der Waals surface area contributed by atoms with Crippen LogP contribution in [0.3, 0.4) is 0 Å². The number of carbonyl (C=O) groups excluding carboxylic acids is 3. The summed E-state index contributed by atoms with van der Waals surface area (Å²) in [7, 11) is 0. The van der Waals surface area contributed by atoms with Gasteiger partial charge in [0.05, 0.1) is 6.04 Å².